The van der Waals surface area contributed by atoms with E-state index in [1.54, 1.807) is 15.9 Å². The van der Waals surface area contributed by atoms with Crippen LogP contribution in [-0.2, 0) is 0 Å². The second-order valence-electron chi connectivity index (χ2n) is 0.903. The molecule has 0 aromatic carbocycles. The van der Waals surface area contributed by atoms with Gasteiger partial charge in [0, 0.05) is 0 Å². The summed E-state index contributed by atoms with van der Waals surface area (Å²) in [5, 5.41) is 0. The summed E-state index contributed by atoms with van der Waals surface area (Å²) in [5.41, 5.74) is 0. The van der Waals surface area contributed by atoms with Gasteiger partial charge in [-0.3, -0.25) is 0 Å². The normalized spacial score (nSPS) is 11.4. The molecular weight excluding hydrogens is 173 g/mol. The molecule has 42 valence electrons. The highest BCUT2D eigenvalue weighted by atomic mass is 79.9. The van der Waals surface area contributed by atoms with Gasteiger partial charge < -0.3 is 0 Å². The van der Waals surface area contributed by atoms with Crippen molar-refractivity contribution < 1.29 is 13.2 Å². The molecule has 0 aliphatic heterocycles. The topological polar surface area (TPSA) is 0 Å². The summed E-state index contributed by atoms with van der Waals surface area (Å²) < 4.78 is 33.8. The molecule has 0 saturated carbocycles. The van der Waals surface area contributed by atoms with E-state index in [1.807, 2.05) is 0 Å². The van der Waals surface area contributed by atoms with Crippen LogP contribution < -0.4 is 0 Å². The van der Waals surface area contributed by atoms with Gasteiger partial charge >= 0.3 is 4.83 Å². The predicted molar refractivity (Wildman–Crippen MR) is 24.1 cm³/mol. The zero-order valence-corrected chi connectivity index (χ0v) is 4.80. The number of alkyl halides is 3. The average molecular weight is 175 g/mol. The zero-order chi connectivity index (χ0) is 6.08. The largest absolute Gasteiger partial charge is 0.351 e. The van der Waals surface area contributed by atoms with Gasteiger partial charge in [-0.05, 0) is 15.9 Å². The average Bonchev–Trinajstić information content (AvgIpc) is 1.31. The van der Waals surface area contributed by atoms with E-state index in [0.717, 1.165) is 0 Å². The summed E-state index contributed by atoms with van der Waals surface area (Å²) in [6.45, 7) is 2.36. The van der Waals surface area contributed by atoms with Crippen molar-refractivity contribution in [2.24, 2.45) is 0 Å². The Bertz CT molecular complexity index is 82.7. The molecule has 0 nitrogen and oxygen atoms in total. The smallest absolute Gasteiger partial charge is 0.205 e. The Morgan fingerprint density at radius 2 is 1.71 bits per heavy atom. The zero-order valence-electron chi connectivity index (χ0n) is 3.22. The fourth-order valence-corrected chi connectivity index (χ4v) is 0. The lowest BCUT2D eigenvalue weighted by Gasteiger charge is -1.99. The fraction of sp³-hybridized carbons (Fsp3) is 0.333. The van der Waals surface area contributed by atoms with E-state index in [2.05, 4.69) is 6.58 Å². The maximum absolute atomic E-state index is 11.3. The van der Waals surface area contributed by atoms with E-state index in [-0.39, 0.29) is 0 Å². The highest BCUT2D eigenvalue weighted by Crippen LogP contribution is 2.29. The summed E-state index contributed by atoms with van der Waals surface area (Å²) in [4.78, 5) is -3.55. The molecule has 0 rings (SSSR count). The standard InChI is InChI=1S/C3H2BrF3/c1-2(5)3(4,6)7/h1H2. The predicted octanol–water partition coefficient (Wildman–Crippen LogP) is 2.46. The molecule has 0 bridgehead atoms. The highest BCUT2D eigenvalue weighted by molar-refractivity contribution is 9.10. The molecule has 0 spiro atoms. The first-order chi connectivity index (χ1) is 2.94. The summed E-state index contributed by atoms with van der Waals surface area (Å²) in [6.07, 6.45) is 0. The molecule has 0 N–H and O–H groups in total. The minimum atomic E-state index is -3.55. The van der Waals surface area contributed by atoms with Crippen molar-refractivity contribution in [1.82, 2.24) is 0 Å². The van der Waals surface area contributed by atoms with Crippen LogP contribution in [0.25, 0.3) is 0 Å². The highest BCUT2D eigenvalue weighted by Gasteiger charge is 2.28. The van der Waals surface area contributed by atoms with E-state index < -0.39 is 10.7 Å². The van der Waals surface area contributed by atoms with Gasteiger partial charge in [0.2, 0.25) is 0 Å². The Morgan fingerprint density at radius 1 is 1.57 bits per heavy atom. The van der Waals surface area contributed by atoms with Crippen molar-refractivity contribution in [2.45, 2.75) is 4.83 Å². The maximum atomic E-state index is 11.3. The molecule has 0 amide bonds. The van der Waals surface area contributed by atoms with Crippen LogP contribution >= 0.6 is 15.9 Å². The van der Waals surface area contributed by atoms with E-state index in [0.29, 0.717) is 0 Å². The van der Waals surface area contributed by atoms with Crippen LogP contribution in [0.5, 0.6) is 0 Å². The quantitative estimate of drug-likeness (QED) is 0.537. The van der Waals surface area contributed by atoms with Gasteiger partial charge in [0.1, 0.15) is 0 Å². The summed E-state index contributed by atoms with van der Waals surface area (Å²) in [5.74, 6) is -1.67. The van der Waals surface area contributed by atoms with Crippen LogP contribution in [0.1, 0.15) is 0 Å². The molecule has 0 radical (unpaired) electrons. The van der Waals surface area contributed by atoms with E-state index in [9.17, 15) is 13.2 Å². The second kappa shape index (κ2) is 1.86. The van der Waals surface area contributed by atoms with Gasteiger partial charge in [-0.2, -0.15) is 8.78 Å². The third-order valence-electron chi connectivity index (χ3n) is 0.308. The molecule has 4 heteroatoms. The van der Waals surface area contributed by atoms with Crippen LogP contribution in [0.4, 0.5) is 13.2 Å². The van der Waals surface area contributed by atoms with Crippen molar-refractivity contribution in [1.29, 1.82) is 0 Å². The van der Waals surface area contributed by atoms with Crippen LogP contribution in [-0.4, -0.2) is 4.83 Å². The lowest BCUT2D eigenvalue weighted by Crippen LogP contribution is -2.02. The molecule has 0 fully saturated rings. The third kappa shape index (κ3) is 2.68. The van der Waals surface area contributed by atoms with Crippen molar-refractivity contribution in [3.05, 3.63) is 12.4 Å². The Balaban J connectivity index is 3.79. The molecule has 0 heterocycles. The molecule has 0 aliphatic rings. The van der Waals surface area contributed by atoms with Gasteiger partial charge in [0.25, 0.3) is 0 Å². The van der Waals surface area contributed by atoms with Gasteiger partial charge in [0.05, 0.1) is 0 Å². The van der Waals surface area contributed by atoms with Crippen molar-refractivity contribution in [2.75, 3.05) is 0 Å². The minimum absolute atomic E-state index is 1.67. The summed E-state index contributed by atoms with van der Waals surface area (Å²) in [7, 11) is 0. The Morgan fingerprint density at radius 3 is 1.71 bits per heavy atom. The molecular formula is C3H2BrF3. The molecule has 0 aromatic heterocycles. The van der Waals surface area contributed by atoms with Crippen LogP contribution in [0.15, 0.2) is 12.4 Å². The van der Waals surface area contributed by atoms with Crippen molar-refractivity contribution >= 4 is 15.9 Å². The number of halogens is 4. The van der Waals surface area contributed by atoms with Crippen molar-refractivity contribution in [3.8, 4) is 0 Å². The van der Waals surface area contributed by atoms with E-state index in [1.165, 1.54) is 0 Å². The lowest BCUT2D eigenvalue weighted by molar-refractivity contribution is 0.128. The first-order valence-corrected chi connectivity index (χ1v) is 2.15. The Hall–Kier alpha value is 0.01000. The summed E-state index contributed by atoms with van der Waals surface area (Å²) >= 11 is 1.73. The van der Waals surface area contributed by atoms with Crippen LogP contribution in [0, 0.1) is 0 Å². The molecule has 0 unspecified atom stereocenters. The van der Waals surface area contributed by atoms with Crippen LogP contribution in [0.3, 0.4) is 0 Å². The minimum Gasteiger partial charge on any atom is -0.205 e. The number of allylic oxidation sites excluding steroid dienone is 1. The summed E-state index contributed by atoms with van der Waals surface area (Å²) in [6, 6.07) is 0. The molecule has 0 saturated heterocycles. The van der Waals surface area contributed by atoms with Gasteiger partial charge in [-0.25, -0.2) is 4.39 Å². The Kier molecular flexibility index (Phi) is 1.86. The number of hydrogen-bond donors (Lipinski definition) is 0. The first-order valence-electron chi connectivity index (χ1n) is 1.36. The van der Waals surface area contributed by atoms with Crippen LogP contribution in [0.2, 0.25) is 0 Å². The number of hydrogen-bond acceptors (Lipinski definition) is 0. The van der Waals surface area contributed by atoms with E-state index in [4.69, 9.17) is 0 Å². The van der Waals surface area contributed by atoms with E-state index >= 15 is 0 Å². The second-order valence-corrected chi connectivity index (χ2v) is 1.90. The monoisotopic (exact) mass is 174 g/mol. The molecule has 7 heavy (non-hydrogen) atoms. The third-order valence-corrected chi connectivity index (χ3v) is 0.738. The maximum Gasteiger partial charge on any atom is 0.351 e. The molecule has 0 atom stereocenters. The Labute approximate surface area is 47.1 Å². The first kappa shape index (κ1) is 7.01. The van der Waals surface area contributed by atoms with Gasteiger partial charge in [-0.1, -0.05) is 6.58 Å². The SMILES string of the molecule is C=C(F)C(F)(F)Br. The van der Waals surface area contributed by atoms with Crippen molar-refractivity contribution in [3.63, 3.8) is 0 Å². The van der Waals surface area contributed by atoms with Gasteiger partial charge in [0.15, 0.2) is 5.83 Å². The number of rotatable bonds is 1. The fourth-order valence-electron chi connectivity index (χ4n) is 0. The van der Waals surface area contributed by atoms with Gasteiger partial charge in [-0.15, -0.1) is 0 Å². The molecule has 0 aliphatic carbocycles. The lowest BCUT2D eigenvalue weighted by atomic mass is 10.6. The molecule has 0 aromatic rings.